The summed E-state index contributed by atoms with van der Waals surface area (Å²) in [6, 6.07) is 6.50. The van der Waals surface area contributed by atoms with Gasteiger partial charge in [0.1, 0.15) is 17.2 Å². The molecule has 0 amide bonds. The SMILES string of the molecule is O=C1Oc2cc(O)cc(O)c2CC1c1ccc(O)c(O)c1. The van der Waals surface area contributed by atoms with E-state index in [1.807, 2.05) is 0 Å². The van der Waals surface area contributed by atoms with E-state index in [1.165, 1.54) is 30.3 Å². The van der Waals surface area contributed by atoms with Crippen molar-refractivity contribution in [2.45, 2.75) is 12.3 Å². The molecule has 0 aliphatic carbocycles. The summed E-state index contributed by atoms with van der Waals surface area (Å²) in [5.41, 5.74) is 0.874. The van der Waals surface area contributed by atoms with Gasteiger partial charge in [-0.2, -0.15) is 0 Å². The molecule has 3 rings (SSSR count). The Labute approximate surface area is 119 Å². The number of benzene rings is 2. The molecule has 0 saturated carbocycles. The second kappa shape index (κ2) is 4.59. The van der Waals surface area contributed by atoms with Gasteiger partial charge in [0.25, 0.3) is 0 Å². The lowest BCUT2D eigenvalue weighted by Gasteiger charge is -2.24. The van der Waals surface area contributed by atoms with Crippen LogP contribution in [0.3, 0.4) is 0 Å². The zero-order valence-corrected chi connectivity index (χ0v) is 10.8. The highest BCUT2D eigenvalue weighted by Crippen LogP contribution is 2.41. The average Bonchev–Trinajstić information content (AvgIpc) is 2.41. The van der Waals surface area contributed by atoms with Crippen molar-refractivity contribution >= 4 is 5.97 Å². The van der Waals surface area contributed by atoms with Crippen LogP contribution in [0.1, 0.15) is 17.0 Å². The van der Waals surface area contributed by atoms with Gasteiger partial charge in [-0.3, -0.25) is 4.79 Å². The first-order chi connectivity index (χ1) is 9.95. The molecule has 2 aromatic carbocycles. The summed E-state index contributed by atoms with van der Waals surface area (Å²) in [5.74, 6) is -2.11. The number of carbonyl (C=O) groups excluding carboxylic acids is 1. The number of phenols is 4. The van der Waals surface area contributed by atoms with Crippen molar-refractivity contribution in [2.75, 3.05) is 0 Å². The normalized spacial score (nSPS) is 17.1. The molecular weight excluding hydrogens is 276 g/mol. The Bertz CT molecular complexity index is 737. The minimum atomic E-state index is -0.709. The van der Waals surface area contributed by atoms with Crippen LogP contribution < -0.4 is 4.74 Å². The minimum Gasteiger partial charge on any atom is -0.508 e. The zero-order chi connectivity index (χ0) is 15.1. The molecule has 0 radical (unpaired) electrons. The molecule has 6 nitrogen and oxygen atoms in total. The molecular formula is C15H12O6. The lowest BCUT2D eigenvalue weighted by molar-refractivity contribution is -0.137. The summed E-state index contributed by atoms with van der Waals surface area (Å²) in [6.45, 7) is 0. The maximum Gasteiger partial charge on any atom is 0.319 e. The molecule has 1 unspecified atom stereocenters. The number of esters is 1. The number of phenolic OH excluding ortho intramolecular Hbond substituents is 4. The van der Waals surface area contributed by atoms with E-state index in [9.17, 15) is 25.2 Å². The monoisotopic (exact) mass is 288 g/mol. The van der Waals surface area contributed by atoms with Crippen LogP contribution in [-0.2, 0) is 11.2 Å². The number of hydrogen-bond acceptors (Lipinski definition) is 6. The Morgan fingerprint density at radius 3 is 2.43 bits per heavy atom. The van der Waals surface area contributed by atoms with Gasteiger partial charge < -0.3 is 25.2 Å². The second-order valence-corrected chi connectivity index (χ2v) is 4.87. The van der Waals surface area contributed by atoms with Crippen molar-refractivity contribution in [3.8, 4) is 28.7 Å². The molecule has 4 N–H and O–H groups in total. The Morgan fingerprint density at radius 2 is 1.71 bits per heavy atom. The van der Waals surface area contributed by atoms with Gasteiger partial charge >= 0.3 is 5.97 Å². The van der Waals surface area contributed by atoms with Crippen molar-refractivity contribution in [3.63, 3.8) is 0 Å². The van der Waals surface area contributed by atoms with Crippen LogP contribution in [-0.4, -0.2) is 26.4 Å². The minimum absolute atomic E-state index is 0.122. The zero-order valence-electron chi connectivity index (χ0n) is 10.8. The molecule has 1 aliphatic rings. The van der Waals surface area contributed by atoms with Gasteiger partial charge in [0.15, 0.2) is 11.5 Å². The summed E-state index contributed by atoms with van der Waals surface area (Å²) in [7, 11) is 0. The van der Waals surface area contributed by atoms with Crippen molar-refractivity contribution in [1.29, 1.82) is 0 Å². The number of fused-ring (bicyclic) bond motifs is 1. The Kier molecular flexibility index (Phi) is 2.86. The molecule has 0 aromatic heterocycles. The van der Waals surface area contributed by atoms with E-state index in [1.54, 1.807) is 0 Å². The average molecular weight is 288 g/mol. The van der Waals surface area contributed by atoms with E-state index in [4.69, 9.17) is 4.74 Å². The third-order valence-corrected chi connectivity index (χ3v) is 3.48. The Hall–Kier alpha value is -2.89. The number of aromatic hydroxyl groups is 4. The fourth-order valence-electron chi connectivity index (χ4n) is 2.39. The van der Waals surface area contributed by atoms with E-state index in [-0.39, 0.29) is 35.2 Å². The van der Waals surface area contributed by atoms with Gasteiger partial charge in [0.05, 0.1) is 5.92 Å². The quantitative estimate of drug-likeness (QED) is 0.362. The van der Waals surface area contributed by atoms with Crippen molar-refractivity contribution < 1.29 is 30.0 Å². The Morgan fingerprint density at radius 1 is 0.952 bits per heavy atom. The second-order valence-electron chi connectivity index (χ2n) is 4.87. The molecule has 0 bridgehead atoms. The lowest BCUT2D eigenvalue weighted by Crippen LogP contribution is -2.26. The van der Waals surface area contributed by atoms with Gasteiger partial charge in [0.2, 0.25) is 0 Å². The van der Waals surface area contributed by atoms with Crippen LogP contribution in [0, 0.1) is 0 Å². The van der Waals surface area contributed by atoms with Gasteiger partial charge in [-0.15, -0.1) is 0 Å². The highest BCUT2D eigenvalue weighted by molar-refractivity contribution is 5.84. The van der Waals surface area contributed by atoms with Gasteiger partial charge in [0, 0.05) is 17.7 Å². The van der Waals surface area contributed by atoms with Crippen LogP contribution in [0.2, 0.25) is 0 Å². The maximum atomic E-state index is 12.0. The third-order valence-electron chi connectivity index (χ3n) is 3.48. The summed E-state index contributed by atoms with van der Waals surface area (Å²) in [4.78, 5) is 12.0. The predicted octanol–water partition coefficient (Wildman–Crippen LogP) is 1.75. The highest BCUT2D eigenvalue weighted by Gasteiger charge is 2.32. The van der Waals surface area contributed by atoms with Crippen LogP contribution >= 0.6 is 0 Å². The Balaban J connectivity index is 2.02. The van der Waals surface area contributed by atoms with E-state index in [0.717, 1.165) is 0 Å². The number of carbonyl (C=O) groups is 1. The van der Waals surface area contributed by atoms with Crippen LogP contribution in [0.4, 0.5) is 0 Å². The van der Waals surface area contributed by atoms with Gasteiger partial charge in [-0.1, -0.05) is 6.07 Å². The third kappa shape index (κ3) is 2.20. The van der Waals surface area contributed by atoms with Gasteiger partial charge in [-0.05, 0) is 24.1 Å². The molecule has 0 saturated heterocycles. The maximum absolute atomic E-state index is 12.0. The summed E-state index contributed by atoms with van der Waals surface area (Å²) < 4.78 is 5.13. The van der Waals surface area contributed by atoms with E-state index < -0.39 is 11.9 Å². The van der Waals surface area contributed by atoms with Crippen molar-refractivity contribution in [3.05, 3.63) is 41.5 Å². The largest absolute Gasteiger partial charge is 0.508 e. The van der Waals surface area contributed by atoms with Gasteiger partial charge in [-0.25, -0.2) is 0 Å². The topological polar surface area (TPSA) is 107 Å². The summed E-state index contributed by atoms with van der Waals surface area (Å²) in [5, 5.41) is 38.1. The number of ether oxygens (including phenoxy) is 1. The van der Waals surface area contributed by atoms with E-state index >= 15 is 0 Å². The molecule has 108 valence electrons. The molecule has 2 aromatic rings. The number of rotatable bonds is 1. The highest BCUT2D eigenvalue weighted by atomic mass is 16.5. The predicted molar refractivity (Wildman–Crippen MR) is 71.6 cm³/mol. The standard InChI is InChI=1S/C15H12O6/c16-8-4-12(18)10-6-9(15(20)21-14(10)5-8)7-1-2-11(17)13(19)3-7/h1-5,9,16-19H,6H2. The van der Waals surface area contributed by atoms with Crippen LogP contribution in [0.25, 0.3) is 0 Å². The molecule has 6 heteroatoms. The molecule has 0 spiro atoms. The first kappa shape index (κ1) is 13.1. The van der Waals surface area contributed by atoms with Crippen LogP contribution in [0.15, 0.2) is 30.3 Å². The first-order valence-electron chi connectivity index (χ1n) is 6.24. The first-order valence-corrected chi connectivity index (χ1v) is 6.24. The molecule has 1 heterocycles. The summed E-state index contributed by atoms with van der Waals surface area (Å²) >= 11 is 0. The molecule has 1 atom stereocenters. The molecule has 1 aliphatic heterocycles. The van der Waals surface area contributed by atoms with Crippen LogP contribution in [0.5, 0.6) is 28.7 Å². The summed E-state index contributed by atoms with van der Waals surface area (Å²) in [6.07, 6.45) is 0.171. The molecule has 0 fully saturated rings. The molecule has 21 heavy (non-hydrogen) atoms. The number of hydrogen-bond donors (Lipinski definition) is 4. The fourth-order valence-corrected chi connectivity index (χ4v) is 2.39. The van der Waals surface area contributed by atoms with Crippen molar-refractivity contribution in [2.24, 2.45) is 0 Å². The smallest absolute Gasteiger partial charge is 0.319 e. The van der Waals surface area contributed by atoms with E-state index in [0.29, 0.717) is 11.1 Å². The van der Waals surface area contributed by atoms with Crippen molar-refractivity contribution in [1.82, 2.24) is 0 Å². The fraction of sp³-hybridized carbons (Fsp3) is 0.133. The van der Waals surface area contributed by atoms with E-state index in [2.05, 4.69) is 0 Å². The lowest BCUT2D eigenvalue weighted by atomic mass is 9.89.